The summed E-state index contributed by atoms with van der Waals surface area (Å²) in [5, 5.41) is 5.60. The molecule has 0 radical (unpaired) electrons. The van der Waals surface area contributed by atoms with Crippen LogP contribution in [0.5, 0.6) is 0 Å². The largest absolute Gasteiger partial charge is 0.351 e. The zero-order valence-electron chi connectivity index (χ0n) is 11.2. The molecule has 0 aliphatic rings. The third kappa shape index (κ3) is 2.24. The summed E-state index contributed by atoms with van der Waals surface area (Å²) in [7, 11) is 2.05. The highest BCUT2D eigenvalue weighted by Crippen LogP contribution is 2.21. The Hall–Kier alpha value is -1.81. The van der Waals surface area contributed by atoms with Crippen molar-refractivity contribution in [2.45, 2.75) is 19.9 Å². The van der Waals surface area contributed by atoms with Crippen molar-refractivity contribution < 1.29 is 0 Å². The van der Waals surface area contributed by atoms with Gasteiger partial charge in [-0.15, -0.1) is 11.3 Å². The Morgan fingerprint density at radius 3 is 2.89 bits per heavy atom. The number of nitrogens with one attached hydrogen (secondary N) is 1. The maximum atomic E-state index is 4.62. The molecule has 0 aliphatic carbocycles. The van der Waals surface area contributed by atoms with Gasteiger partial charge in [0.25, 0.3) is 0 Å². The van der Waals surface area contributed by atoms with E-state index in [1.54, 1.807) is 11.3 Å². The van der Waals surface area contributed by atoms with Crippen molar-refractivity contribution in [1.82, 2.24) is 9.55 Å². The lowest BCUT2D eigenvalue weighted by Crippen LogP contribution is -2.05. The third-order valence-corrected chi connectivity index (χ3v) is 4.38. The first-order valence-corrected chi connectivity index (χ1v) is 7.38. The Kier molecular flexibility index (Phi) is 3.25. The van der Waals surface area contributed by atoms with Crippen molar-refractivity contribution in [2.24, 2.45) is 7.05 Å². The molecule has 3 rings (SSSR count). The highest BCUT2D eigenvalue weighted by atomic mass is 32.1. The average molecular weight is 271 g/mol. The van der Waals surface area contributed by atoms with Gasteiger partial charge >= 0.3 is 0 Å². The summed E-state index contributed by atoms with van der Waals surface area (Å²) in [6, 6.07) is 10.4. The minimum absolute atomic E-state index is 0.845. The Bertz CT molecular complexity index is 696. The minimum Gasteiger partial charge on any atom is -0.351 e. The number of imidazole rings is 1. The first-order chi connectivity index (χ1) is 9.29. The van der Waals surface area contributed by atoms with Crippen LogP contribution in [0.1, 0.15) is 17.4 Å². The van der Waals surface area contributed by atoms with Crippen molar-refractivity contribution in [1.29, 1.82) is 0 Å². The quantitative estimate of drug-likeness (QED) is 0.782. The smallest absolute Gasteiger partial charge is 0.203 e. The van der Waals surface area contributed by atoms with Crippen LogP contribution in [0.3, 0.4) is 0 Å². The van der Waals surface area contributed by atoms with Crippen LogP contribution in [0.15, 0.2) is 35.7 Å². The molecule has 3 nitrogen and oxygen atoms in total. The normalized spacial score (nSPS) is 11.1. The first kappa shape index (κ1) is 12.2. The lowest BCUT2D eigenvalue weighted by molar-refractivity contribution is 0.927. The zero-order valence-corrected chi connectivity index (χ0v) is 12.0. The molecule has 0 bridgehead atoms. The van der Waals surface area contributed by atoms with Crippen LogP contribution in [0, 0.1) is 0 Å². The van der Waals surface area contributed by atoms with Gasteiger partial charge < -0.3 is 9.88 Å². The highest BCUT2D eigenvalue weighted by molar-refractivity contribution is 7.10. The topological polar surface area (TPSA) is 29.9 Å². The summed E-state index contributed by atoms with van der Waals surface area (Å²) < 4.78 is 2.11. The molecule has 0 saturated carbocycles. The van der Waals surface area contributed by atoms with Gasteiger partial charge in [0.2, 0.25) is 5.95 Å². The fourth-order valence-electron chi connectivity index (χ4n) is 2.30. The standard InChI is InChI=1S/C15H17N3S/c1-3-11-8-9-19-14(11)10-16-15-17-12-6-4-5-7-13(12)18(15)2/h4-9H,3,10H2,1-2H3,(H,16,17). The fourth-order valence-corrected chi connectivity index (χ4v) is 3.22. The van der Waals surface area contributed by atoms with Gasteiger partial charge in [0, 0.05) is 11.9 Å². The van der Waals surface area contributed by atoms with Gasteiger partial charge in [-0.1, -0.05) is 19.1 Å². The third-order valence-electron chi connectivity index (χ3n) is 3.41. The number of hydrogen-bond acceptors (Lipinski definition) is 3. The maximum absolute atomic E-state index is 4.62. The van der Waals surface area contributed by atoms with Crippen LogP contribution in [0.2, 0.25) is 0 Å². The van der Waals surface area contributed by atoms with Gasteiger partial charge in [-0.2, -0.15) is 0 Å². The van der Waals surface area contributed by atoms with Gasteiger partial charge in [-0.05, 0) is 35.6 Å². The number of benzene rings is 1. The number of para-hydroxylation sites is 2. The molecule has 2 aromatic heterocycles. The Morgan fingerprint density at radius 2 is 2.11 bits per heavy atom. The molecule has 2 heterocycles. The second kappa shape index (κ2) is 5.05. The van der Waals surface area contributed by atoms with E-state index in [9.17, 15) is 0 Å². The lowest BCUT2D eigenvalue weighted by atomic mass is 10.2. The van der Waals surface area contributed by atoms with Crippen LogP contribution in [0.4, 0.5) is 5.95 Å². The molecule has 0 fully saturated rings. The Labute approximate surface area is 116 Å². The molecule has 0 unspecified atom stereocenters. The Morgan fingerprint density at radius 1 is 1.26 bits per heavy atom. The molecule has 0 amide bonds. The Balaban J connectivity index is 1.84. The van der Waals surface area contributed by atoms with E-state index in [1.165, 1.54) is 10.4 Å². The molecule has 3 aromatic rings. The van der Waals surface area contributed by atoms with E-state index >= 15 is 0 Å². The maximum Gasteiger partial charge on any atom is 0.203 e. The van der Waals surface area contributed by atoms with Crippen molar-refractivity contribution in [3.63, 3.8) is 0 Å². The van der Waals surface area contributed by atoms with Crippen LogP contribution in [0.25, 0.3) is 11.0 Å². The molecule has 4 heteroatoms. The van der Waals surface area contributed by atoms with E-state index in [4.69, 9.17) is 0 Å². The van der Waals surface area contributed by atoms with E-state index < -0.39 is 0 Å². The summed E-state index contributed by atoms with van der Waals surface area (Å²) >= 11 is 1.81. The molecule has 19 heavy (non-hydrogen) atoms. The van der Waals surface area contributed by atoms with Gasteiger partial charge in [0.1, 0.15) is 0 Å². The van der Waals surface area contributed by atoms with E-state index in [2.05, 4.69) is 39.3 Å². The summed E-state index contributed by atoms with van der Waals surface area (Å²) in [4.78, 5) is 6.02. The van der Waals surface area contributed by atoms with Crippen molar-refractivity contribution in [2.75, 3.05) is 5.32 Å². The second-order valence-corrected chi connectivity index (χ2v) is 5.56. The summed E-state index contributed by atoms with van der Waals surface area (Å²) in [6.07, 6.45) is 1.09. The number of aromatic nitrogens is 2. The highest BCUT2D eigenvalue weighted by Gasteiger charge is 2.08. The molecule has 0 saturated heterocycles. The number of rotatable bonds is 4. The molecular formula is C15H17N3S. The summed E-state index contributed by atoms with van der Waals surface area (Å²) in [5.41, 5.74) is 3.62. The summed E-state index contributed by atoms with van der Waals surface area (Å²) in [5.74, 6) is 0.927. The van der Waals surface area contributed by atoms with Crippen LogP contribution in [-0.2, 0) is 20.0 Å². The van der Waals surface area contributed by atoms with E-state index in [-0.39, 0.29) is 0 Å². The van der Waals surface area contributed by atoms with Crippen LogP contribution in [-0.4, -0.2) is 9.55 Å². The number of aryl methyl sites for hydroxylation is 2. The average Bonchev–Trinajstić information content (AvgIpc) is 3.01. The van der Waals surface area contributed by atoms with Crippen molar-refractivity contribution >= 4 is 28.3 Å². The summed E-state index contributed by atoms with van der Waals surface area (Å²) in [6.45, 7) is 3.04. The van der Waals surface area contributed by atoms with Crippen molar-refractivity contribution in [3.05, 3.63) is 46.2 Å². The number of nitrogens with zero attached hydrogens (tertiary/aromatic N) is 2. The lowest BCUT2D eigenvalue weighted by Gasteiger charge is -2.06. The fraction of sp³-hybridized carbons (Fsp3) is 0.267. The molecule has 1 aromatic carbocycles. The number of fused-ring (bicyclic) bond motifs is 1. The minimum atomic E-state index is 0.845. The van der Waals surface area contributed by atoms with Crippen LogP contribution < -0.4 is 5.32 Å². The second-order valence-electron chi connectivity index (χ2n) is 4.56. The monoisotopic (exact) mass is 271 g/mol. The number of hydrogen-bond donors (Lipinski definition) is 1. The zero-order chi connectivity index (χ0) is 13.2. The predicted octanol–water partition coefficient (Wildman–Crippen LogP) is 3.81. The molecule has 0 atom stereocenters. The molecule has 0 aliphatic heterocycles. The van der Waals surface area contributed by atoms with E-state index in [0.29, 0.717) is 0 Å². The van der Waals surface area contributed by atoms with E-state index in [1.807, 2.05) is 25.2 Å². The SMILES string of the molecule is CCc1ccsc1CNc1nc2ccccc2n1C. The van der Waals surface area contributed by atoms with Gasteiger partial charge in [-0.25, -0.2) is 4.98 Å². The van der Waals surface area contributed by atoms with Gasteiger partial charge in [0.15, 0.2) is 0 Å². The molecule has 98 valence electrons. The number of anilines is 1. The van der Waals surface area contributed by atoms with Crippen LogP contribution >= 0.6 is 11.3 Å². The first-order valence-electron chi connectivity index (χ1n) is 6.50. The molecule has 1 N–H and O–H groups in total. The number of thiophene rings is 1. The molecule has 0 spiro atoms. The van der Waals surface area contributed by atoms with Gasteiger partial charge in [0.05, 0.1) is 17.6 Å². The van der Waals surface area contributed by atoms with Crippen molar-refractivity contribution in [3.8, 4) is 0 Å². The van der Waals surface area contributed by atoms with Gasteiger partial charge in [-0.3, -0.25) is 0 Å². The molecular weight excluding hydrogens is 254 g/mol. The van der Waals surface area contributed by atoms with E-state index in [0.717, 1.165) is 29.9 Å². The predicted molar refractivity (Wildman–Crippen MR) is 81.7 cm³/mol.